The van der Waals surface area contributed by atoms with Crippen molar-refractivity contribution in [2.75, 3.05) is 39.3 Å². The van der Waals surface area contributed by atoms with Gasteiger partial charge in [-0.3, -0.25) is 4.90 Å². The van der Waals surface area contributed by atoms with E-state index in [2.05, 4.69) is 29.3 Å². The highest BCUT2D eigenvalue weighted by Gasteiger charge is 2.24. The van der Waals surface area contributed by atoms with Crippen LogP contribution in [0.3, 0.4) is 0 Å². The van der Waals surface area contributed by atoms with E-state index in [4.69, 9.17) is 4.74 Å². The van der Waals surface area contributed by atoms with Gasteiger partial charge in [-0.05, 0) is 25.3 Å². The van der Waals surface area contributed by atoms with E-state index < -0.39 is 0 Å². The van der Waals surface area contributed by atoms with Gasteiger partial charge in [0.1, 0.15) is 0 Å². The van der Waals surface area contributed by atoms with Crippen molar-refractivity contribution >= 4 is 6.03 Å². The van der Waals surface area contributed by atoms with E-state index in [9.17, 15) is 4.79 Å². The molecule has 1 N–H and O–H groups in total. The number of amides is 2. The van der Waals surface area contributed by atoms with Gasteiger partial charge in [0.25, 0.3) is 0 Å². The van der Waals surface area contributed by atoms with Crippen LogP contribution in [-0.4, -0.2) is 61.3 Å². The Balaban J connectivity index is 1.39. The molecule has 3 rings (SSSR count). The molecule has 5 nitrogen and oxygen atoms in total. The van der Waals surface area contributed by atoms with E-state index in [1.807, 2.05) is 17.0 Å². The SMILES string of the molecule is Cc1cccc(CNC(=O)N2CCN(CC3CCCO3)CC2)c1. The van der Waals surface area contributed by atoms with Gasteiger partial charge in [-0.15, -0.1) is 0 Å². The van der Waals surface area contributed by atoms with E-state index >= 15 is 0 Å². The third-order valence-electron chi connectivity index (χ3n) is 4.67. The summed E-state index contributed by atoms with van der Waals surface area (Å²) in [6.45, 7) is 8.06. The molecule has 23 heavy (non-hydrogen) atoms. The lowest BCUT2D eigenvalue weighted by Gasteiger charge is -2.35. The smallest absolute Gasteiger partial charge is 0.317 e. The number of hydrogen-bond acceptors (Lipinski definition) is 3. The molecule has 5 heteroatoms. The number of carbonyl (C=O) groups excluding carboxylic acids is 1. The summed E-state index contributed by atoms with van der Waals surface area (Å²) in [6, 6.07) is 8.30. The van der Waals surface area contributed by atoms with Crippen LogP contribution in [0.2, 0.25) is 0 Å². The minimum absolute atomic E-state index is 0.0447. The van der Waals surface area contributed by atoms with E-state index in [1.54, 1.807) is 0 Å². The zero-order valence-corrected chi connectivity index (χ0v) is 14.0. The average molecular weight is 317 g/mol. The molecule has 1 aromatic carbocycles. The van der Waals surface area contributed by atoms with Crippen molar-refractivity contribution in [2.24, 2.45) is 0 Å². The van der Waals surface area contributed by atoms with E-state index in [0.717, 1.165) is 44.9 Å². The van der Waals surface area contributed by atoms with Crippen molar-refractivity contribution in [1.29, 1.82) is 0 Å². The summed E-state index contributed by atoms with van der Waals surface area (Å²) < 4.78 is 5.69. The highest BCUT2D eigenvalue weighted by Crippen LogP contribution is 2.14. The van der Waals surface area contributed by atoms with E-state index in [1.165, 1.54) is 18.4 Å². The van der Waals surface area contributed by atoms with Gasteiger partial charge in [0.2, 0.25) is 0 Å². The van der Waals surface area contributed by atoms with Gasteiger partial charge in [-0.25, -0.2) is 4.79 Å². The summed E-state index contributed by atoms with van der Waals surface area (Å²) in [5.41, 5.74) is 2.37. The Bertz CT molecular complexity index is 521. The standard InChI is InChI=1S/C18H27N3O2/c1-15-4-2-5-16(12-15)13-19-18(22)21-9-7-20(8-10-21)14-17-6-3-11-23-17/h2,4-5,12,17H,3,6-11,13-14H2,1H3,(H,19,22). The number of nitrogens with one attached hydrogen (secondary N) is 1. The predicted octanol–water partition coefficient (Wildman–Crippen LogP) is 2.00. The molecule has 0 aromatic heterocycles. The van der Waals surface area contributed by atoms with Crippen LogP contribution in [0, 0.1) is 6.92 Å². The Morgan fingerprint density at radius 3 is 2.83 bits per heavy atom. The fourth-order valence-electron chi connectivity index (χ4n) is 3.32. The zero-order valence-electron chi connectivity index (χ0n) is 14.0. The summed E-state index contributed by atoms with van der Waals surface area (Å²) in [7, 11) is 0. The largest absolute Gasteiger partial charge is 0.377 e. The van der Waals surface area contributed by atoms with Gasteiger partial charge < -0.3 is 15.0 Å². The number of rotatable bonds is 4. The molecule has 1 atom stereocenters. The van der Waals surface area contributed by atoms with Crippen LogP contribution in [0.5, 0.6) is 0 Å². The van der Waals surface area contributed by atoms with Crippen LogP contribution in [-0.2, 0) is 11.3 Å². The summed E-state index contributed by atoms with van der Waals surface area (Å²) in [4.78, 5) is 16.6. The van der Waals surface area contributed by atoms with E-state index in [-0.39, 0.29) is 6.03 Å². The van der Waals surface area contributed by atoms with Crippen LogP contribution in [0.15, 0.2) is 24.3 Å². The highest BCUT2D eigenvalue weighted by atomic mass is 16.5. The normalized spacial score (nSPS) is 22.3. The van der Waals surface area contributed by atoms with Crippen LogP contribution >= 0.6 is 0 Å². The molecule has 0 saturated carbocycles. The topological polar surface area (TPSA) is 44.8 Å². The molecule has 126 valence electrons. The van der Waals surface area contributed by atoms with Gasteiger partial charge in [-0.1, -0.05) is 29.8 Å². The maximum absolute atomic E-state index is 12.3. The molecule has 0 spiro atoms. The van der Waals surface area contributed by atoms with Gasteiger partial charge in [-0.2, -0.15) is 0 Å². The number of piperazine rings is 1. The minimum atomic E-state index is 0.0447. The second-order valence-corrected chi connectivity index (χ2v) is 6.57. The maximum Gasteiger partial charge on any atom is 0.317 e. The number of aryl methyl sites for hydroxylation is 1. The molecule has 2 amide bonds. The highest BCUT2D eigenvalue weighted by molar-refractivity contribution is 5.74. The Kier molecular flexibility index (Phi) is 5.51. The minimum Gasteiger partial charge on any atom is -0.377 e. The molecule has 0 radical (unpaired) electrons. The number of ether oxygens (including phenoxy) is 1. The molecule has 2 aliphatic heterocycles. The first kappa shape index (κ1) is 16.3. The zero-order chi connectivity index (χ0) is 16.1. The van der Waals surface area contributed by atoms with Gasteiger partial charge >= 0.3 is 6.03 Å². The molecule has 2 saturated heterocycles. The molecule has 0 bridgehead atoms. The predicted molar refractivity (Wildman–Crippen MR) is 90.4 cm³/mol. The Labute approximate surface area is 138 Å². The lowest BCUT2D eigenvalue weighted by atomic mass is 10.1. The second-order valence-electron chi connectivity index (χ2n) is 6.57. The summed E-state index contributed by atoms with van der Waals surface area (Å²) in [5, 5.41) is 3.03. The first-order valence-electron chi connectivity index (χ1n) is 8.63. The number of hydrogen-bond donors (Lipinski definition) is 1. The van der Waals surface area contributed by atoms with Crippen LogP contribution in [0.4, 0.5) is 4.79 Å². The number of nitrogens with zero attached hydrogens (tertiary/aromatic N) is 2. The van der Waals surface area contributed by atoms with Crippen LogP contribution in [0.25, 0.3) is 0 Å². The molecule has 2 aliphatic rings. The van der Waals surface area contributed by atoms with Crippen molar-refractivity contribution in [3.63, 3.8) is 0 Å². The second kappa shape index (κ2) is 7.79. The number of carbonyl (C=O) groups is 1. The summed E-state index contributed by atoms with van der Waals surface area (Å²) >= 11 is 0. The lowest BCUT2D eigenvalue weighted by Crippen LogP contribution is -2.52. The van der Waals surface area contributed by atoms with Crippen LogP contribution < -0.4 is 5.32 Å². The Hall–Kier alpha value is -1.59. The fourth-order valence-corrected chi connectivity index (χ4v) is 3.32. The average Bonchev–Trinajstić information content (AvgIpc) is 3.06. The Morgan fingerprint density at radius 1 is 1.30 bits per heavy atom. The monoisotopic (exact) mass is 317 g/mol. The molecule has 1 aromatic rings. The quantitative estimate of drug-likeness (QED) is 0.924. The third-order valence-corrected chi connectivity index (χ3v) is 4.67. The fraction of sp³-hybridized carbons (Fsp3) is 0.611. The molecule has 2 heterocycles. The molecular weight excluding hydrogens is 290 g/mol. The van der Waals surface area contributed by atoms with Crippen molar-refractivity contribution in [2.45, 2.75) is 32.4 Å². The first-order chi connectivity index (χ1) is 11.2. The molecule has 0 aliphatic carbocycles. The van der Waals surface area contributed by atoms with Crippen molar-refractivity contribution in [1.82, 2.24) is 15.1 Å². The molecule has 1 unspecified atom stereocenters. The van der Waals surface area contributed by atoms with Crippen molar-refractivity contribution < 1.29 is 9.53 Å². The first-order valence-corrected chi connectivity index (χ1v) is 8.63. The van der Waals surface area contributed by atoms with Gasteiger partial charge in [0.15, 0.2) is 0 Å². The van der Waals surface area contributed by atoms with Gasteiger partial charge in [0.05, 0.1) is 6.10 Å². The Morgan fingerprint density at radius 2 is 2.13 bits per heavy atom. The van der Waals surface area contributed by atoms with Crippen molar-refractivity contribution in [3.05, 3.63) is 35.4 Å². The maximum atomic E-state index is 12.3. The summed E-state index contributed by atoms with van der Waals surface area (Å²) in [5.74, 6) is 0. The summed E-state index contributed by atoms with van der Waals surface area (Å²) in [6.07, 6.45) is 2.76. The number of urea groups is 1. The van der Waals surface area contributed by atoms with Gasteiger partial charge in [0, 0.05) is 45.9 Å². The van der Waals surface area contributed by atoms with Crippen molar-refractivity contribution in [3.8, 4) is 0 Å². The molecular formula is C18H27N3O2. The molecule has 2 fully saturated rings. The van der Waals surface area contributed by atoms with Crippen LogP contribution in [0.1, 0.15) is 24.0 Å². The number of benzene rings is 1. The van der Waals surface area contributed by atoms with E-state index in [0.29, 0.717) is 12.6 Å². The third kappa shape index (κ3) is 4.69. The lowest BCUT2D eigenvalue weighted by molar-refractivity contribution is 0.0561.